The number of nitrogens with one attached hydrogen (secondary N) is 2. The van der Waals surface area contributed by atoms with Crippen LogP contribution in [-0.4, -0.2) is 35.9 Å². The number of rotatable bonds is 7. The lowest BCUT2D eigenvalue weighted by molar-refractivity contribution is -0.125. The van der Waals surface area contributed by atoms with Crippen LogP contribution in [0.15, 0.2) is 48.5 Å². The molecule has 0 aromatic heterocycles. The minimum atomic E-state index is -0.404. The van der Waals surface area contributed by atoms with E-state index < -0.39 is 6.03 Å². The third-order valence-corrected chi connectivity index (χ3v) is 4.03. The van der Waals surface area contributed by atoms with Crippen molar-refractivity contribution in [1.29, 1.82) is 0 Å². The highest BCUT2D eigenvalue weighted by Gasteiger charge is 2.28. The standard InChI is InChI=1S/C20H21N3O4/c1-2-9-27-17-8-4-6-15(11-17)19(25)22-16-7-3-5-14(10-16)13-23-18(24)12-21-20(23)26/h3-8,10-11H,2,9,12-13H2,1H3,(H,21,26)(H,22,25). The van der Waals surface area contributed by atoms with Crippen molar-refractivity contribution >= 4 is 23.5 Å². The van der Waals surface area contributed by atoms with E-state index in [9.17, 15) is 14.4 Å². The van der Waals surface area contributed by atoms with Crippen LogP contribution >= 0.6 is 0 Å². The molecule has 2 aromatic carbocycles. The molecule has 4 amide bonds. The minimum Gasteiger partial charge on any atom is -0.494 e. The lowest BCUT2D eigenvalue weighted by Crippen LogP contribution is -2.30. The molecule has 3 rings (SSSR count). The molecule has 0 spiro atoms. The molecule has 7 heteroatoms. The van der Waals surface area contributed by atoms with Gasteiger partial charge in [0, 0.05) is 11.3 Å². The molecule has 7 nitrogen and oxygen atoms in total. The zero-order valence-electron chi connectivity index (χ0n) is 15.0. The Morgan fingerprint density at radius 3 is 2.74 bits per heavy atom. The van der Waals surface area contributed by atoms with E-state index in [1.165, 1.54) is 0 Å². The fraction of sp³-hybridized carbons (Fsp3) is 0.250. The largest absolute Gasteiger partial charge is 0.494 e. The van der Waals surface area contributed by atoms with Crippen molar-refractivity contribution in [3.8, 4) is 5.75 Å². The number of carbonyl (C=O) groups excluding carboxylic acids is 3. The second kappa shape index (κ2) is 8.35. The number of nitrogens with zero attached hydrogens (tertiary/aromatic N) is 1. The van der Waals surface area contributed by atoms with Gasteiger partial charge in [0.2, 0.25) is 5.91 Å². The van der Waals surface area contributed by atoms with E-state index in [2.05, 4.69) is 10.6 Å². The molecule has 0 unspecified atom stereocenters. The molecule has 2 aromatic rings. The number of anilines is 1. The van der Waals surface area contributed by atoms with Crippen LogP contribution < -0.4 is 15.4 Å². The lowest BCUT2D eigenvalue weighted by atomic mass is 10.1. The van der Waals surface area contributed by atoms with E-state index >= 15 is 0 Å². The summed E-state index contributed by atoms with van der Waals surface area (Å²) in [6.07, 6.45) is 0.890. The Hall–Kier alpha value is -3.35. The highest BCUT2D eigenvalue weighted by atomic mass is 16.5. The lowest BCUT2D eigenvalue weighted by Gasteiger charge is -2.13. The first-order chi connectivity index (χ1) is 13.1. The van der Waals surface area contributed by atoms with E-state index in [0.717, 1.165) is 16.9 Å². The smallest absolute Gasteiger partial charge is 0.324 e. The topological polar surface area (TPSA) is 87.7 Å². The summed E-state index contributed by atoms with van der Waals surface area (Å²) in [4.78, 5) is 37.0. The van der Waals surface area contributed by atoms with Gasteiger partial charge in [0.15, 0.2) is 0 Å². The van der Waals surface area contributed by atoms with Crippen molar-refractivity contribution in [2.45, 2.75) is 19.9 Å². The van der Waals surface area contributed by atoms with Gasteiger partial charge in [0.05, 0.1) is 19.7 Å². The summed E-state index contributed by atoms with van der Waals surface area (Å²) in [5.74, 6) is 0.124. The number of ether oxygens (including phenoxy) is 1. The summed E-state index contributed by atoms with van der Waals surface area (Å²) >= 11 is 0. The maximum absolute atomic E-state index is 12.5. The molecule has 0 aliphatic carbocycles. The third kappa shape index (κ3) is 4.63. The van der Waals surface area contributed by atoms with Gasteiger partial charge in [-0.25, -0.2) is 4.79 Å². The Balaban J connectivity index is 1.68. The maximum atomic E-state index is 12.5. The van der Waals surface area contributed by atoms with E-state index in [-0.39, 0.29) is 24.9 Å². The third-order valence-electron chi connectivity index (χ3n) is 4.03. The first kappa shape index (κ1) is 18.4. The van der Waals surface area contributed by atoms with Gasteiger partial charge in [-0.3, -0.25) is 14.5 Å². The van der Waals surface area contributed by atoms with Gasteiger partial charge < -0.3 is 15.4 Å². The van der Waals surface area contributed by atoms with Crippen molar-refractivity contribution < 1.29 is 19.1 Å². The highest BCUT2D eigenvalue weighted by molar-refractivity contribution is 6.04. The fourth-order valence-electron chi connectivity index (χ4n) is 2.70. The van der Waals surface area contributed by atoms with Crippen molar-refractivity contribution in [2.75, 3.05) is 18.5 Å². The quantitative estimate of drug-likeness (QED) is 0.737. The van der Waals surface area contributed by atoms with Gasteiger partial charge in [0.25, 0.3) is 5.91 Å². The van der Waals surface area contributed by atoms with Crippen LogP contribution in [0.25, 0.3) is 0 Å². The average molecular weight is 367 g/mol. The molecule has 140 valence electrons. The summed E-state index contributed by atoms with van der Waals surface area (Å²) in [5, 5.41) is 5.31. The number of amides is 4. The number of hydrogen-bond acceptors (Lipinski definition) is 4. The molecule has 1 aliphatic heterocycles. The van der Waals surface area contributed by atoms with Crippen molar-refractivity contribution in [3.05, 3.63) is 59.7 Å². The molecule has 0 bridgehead atoms. The van der Waals surface area contributed by atoms with Crippen LogP contribution in [0.1, 0.15) is 29.3 Å². The molecule has 27 heavy (non-hydrogen) atoms. The molecule has 1 heterocycles. The maximum Gasteiger partial charge on any atom is 0.324 e. The number of benzene rings is 2. The summed E-state index contributed by atoms with van der Waals surface area (Å²) < 4.78 is 5.55. The Morgan fingerprint density at radius 1 is 1.19 bits per heavy atom. The van der Waals surface area contributed by atoms with E-state index in [1.54, 1.807) is 42.5 Å². The first-order valence-electron chi connectivity index (χ1n) is 8.78. The van der Waals surface area contributed by atoms with Crippen LogP contribution in [0, 0.1) is 0 Å². The molecular weight excluding hydrogens is 346 g/mol. The summed E-state index contributed by atoms with van der Waals surface area (Å²) in [6, 6.07) is 13.7. The van der Waals surface area contributed by atoms with Gasteiger partial charge >= 0.3 is 6.03 Å². The van der Waals surface area contributed by atoms with Crippen molar-refractivity contribution in [3.63, 3.8) is 0 Å². The molecular formula is C20H21N3O4. The van der Waals surface area contributed by atoms with Gasteiger partial charge in [-0.15, -0.1) is 0 Å². The average Bonchev–Trinajstić information content (AvgIpc) is 2.99. The van der Waals surface area contributed by atoms with Gasteiger partial charge in [0.1, 0.15) is 5.75 Å². The molecule has 0 radical (unpaired) electrons. The zero-order chi connectivity index (χ0) is 19.2. The Kier molecular flexibility index (Phi) is 5.71. The Morgan fingerprint density at radius 2 is 2.00 bits per heavy atom. The van der Waals surface area contributed by atoms with E-state index in [4.69, 9.17) is 4.74 Å². The summed E-state index contributed by atoms with van der Waals surface area (Å²) in [6.45, 7) is 2.79. The minimum absolute atomic E-state index is 0.0195. The second-order valence-corrected chi connectivity index (χ2v) is 6.17. The van der Waals surface area contributed by atoms with Crippen LogP contribution in [-0.2, 0) is 11.3 Å². The fourth-order valence-corrected chi connectivity index (χ4v) is 2.70. The van der Waals surface area contributed by atoms with Crippen LogP contribution in [0.3, 0.4) is 0 Å². The molecule has 1 fully saturated rings. The Labute approximate surface area is 157 Å². The second-order valence-electron chi connectivity index (χ2n) is 6.17. The number of hydrogen-bond donors (Lipinski definition) is 2. The summed E-state index contributed by atoms with van der Waals surface area (Å²) in [7, 11) is 0. The van der Waals surface area contributed by atoms with Crippen molar-refractivity contribution in [2.24, 2.45) is 0 Å². The first-order valence-corrected chi connectivity index (χ1v) is 8.78. The highest BCUT2D eigenvalue weighted by Crippen LogP contribution is 2.18. The molecule has 2 N–H and O–H groups in total. The zero-order valence-corrected chi connectivity index (χ0v) is 15.0. The van der Waals surface area contributed by atoms with Crippen LogP contribution in [0.4, 0.5) is 10.5 Å². The van der Waals surface area contributed by atoms with Crippen LogP contribution in [0.2, 0.25) is 0 Å². The summed E-state index contributed by atoms with van der Waals surface area (Å²) in [5.41, 5.74) is 1.82. The molecule has 1 aliphatic rings. The predicted molar refractivity (Wildman–Crippen MR) is 101 cm³/mol. The number of imide groups is 1. The van der Waals surface area contributed by atoms with Gasteiger partial charge in [-0.1, -0.05) is 25.1 Å². The van der Waals surface area contributed by atoms with Gasteiger partial charge in [-0.05, 0) is 42.3 Å². The predicted octanol–water partition coefficient (Wildman–Crippen LogP) is 2.78. The van der Waals surface area contributed by atoms with Crippen LogP contribution in [0.5, 0.6) is 5.75 Å². The van der Waals surface area contributed by atoms with Crippen molar-refractivity contribution in [1.82, 2.24) is 10.2 Å². The molecule has 1 saturated heterocycles. The van der Waals surface area contributed by atoms with Gasteiger partial charge in [-0.2, -0.15) is 0 Å². The van der Waals surface area contributed by atoms with E-state index in [1.807, 2.05) is 13.0 Å². The van der Waals surface area contributed by atoms with E-state index in [0.29, 0.717) is 23.6 Å². The molecule has 0 saturated carbocycles. The molecule has 0 atom stereocenters. The number of urea groups is 1. The monoisotopic (exact) mass is 367 g/mol. The normalized spacial score (nSPS) is 13.4. The SMILES string of the molecule is CCCOc1cccc(C(=O)Nc2cccc(CN3C(=O)CNC3=O)c2)c1. The Bertz CT molecular complexity index is 850. The number of carbonyl (C=O) groups is 3.